The molecule has 1 aromatic heterocycles. The van der Waals surface area contributed by atoms with Gasteiger partial charge in [0.05, 0.1) is 18.2 Å². The first-order valence-electron chi connectivity index (χ1n) is 8.84. The summed E-state index contributed by atoms with van der Waals surface area (Å²) >= 11 is 0. The summed E-state index contributed by atoms with van der Waals surface area (Å²) < 4.78 is 16.8. The van der Waals surface area contributed by atoms with E-state index in [1.54, 1.807) is 7.11 Å². The van der Waals surface area contributed by atoms with Gasteiger partial charge in [0, 0.05) is 18.0 Å². The zero-order chi connectivity index (χ0) is 17.7. The quantitative estimate of drug-likeness (QED) is 0.674. The predicted octanol–water partition coefficient (Wildman–Crippen LogP) is 3.78. The molecule has 2 aliphatic rings. The average Bonchev–Trinajstić information content (AvgIpc) is 3.52. The van der Waals surface area contributed by atoms with Crippen LogP contribution in [0.3, 0.4) is 0 Å². The lowest BCUT2D eigenvalue weighted by atomic mass is 10.0. The van der Waals surface area contributed by atoms with Crippen molar-refractivity contribution in [1.29, 1.82) is 0 Å². The van der Waals surface area contributed by atoms with Gasteiger partial charge in [-0.15, -0.1) is 0 Å². The number of fused-ring (bicyclic) bond motifs is 3. The predicted molar refractivity (Wildman–Crippen MR) is 98.5 cm³/mol. The molecule has 0 N–H and O–H groups in total. The Morgan fingerprint density at radius 2 is 1.92 bits per heavy atom. The lowest BCUT2D eigenvalue weighted by Crippen LogP contribution is -2.33. The topological polar surface area (TPSA) is 51.9 Å². The van der Waals surface area contributed by atoms with Crippen molar-refractivity contribution >= 4 is 11.0 Å². The molecular weight excluding hydrogens is 330 g/mol. The highest BCUT2D eigenvalue weighted by Crippen LogP contribution is 2.37. The van der Waals surface area contributed by atoms with E-state index < -0.39 is 0 Å². The van der Waals surface area contributed by atoms with Crippen LogP contribution in [0.1, 0.15) is 18.4 Å². The lowest BCUT2D eigenvalue weighted by Gasteiger charge is -2.29. The maximum absolute atomic E-state index is 12.6. The van der Waals surface area contributed by atoms with Crippen LogP contribution in [0.25, 0.3) is 22.1 Å². The van der Waals surface area contributed by atoms with E-state index in [-0.39, 0.29) is 5.63 Å². The highest BCUT2D eigenvalue weighted by Gasteiger charge is 2.33. The van der Waals surface area contributed by atoms with Crippen molar-refractivity contribution in [3.63, 3.8) is 0 Å². The van der Waals surface area contributed by atoms with Gasteiger partial charge in [-0.3, -0.25) is 4.90 Å². The van der Waals surface area contributed by atoms with Gasteiger partial charge in [-0.1, -0.05) is 12.1 Å². The fourth-order valence-electron chi connectivity index (χ4n) is 3.56. The van der Waals surface area contributed by atoms with Gasteiger partial charge in [-0.05, 0) is 48.7 Å². The Kier molecular flexibility index (Phi) is 3.50. The second-order valence-corrected chi connectivity index (χ2v) is 6.89. The smallest absolute Gasteiger partial charge is 0.344 e. The van der Waals surface area contributed by atoms with E-state index in [1.807, 2.05) is 42.5 Å². The number of hydrogen-bond acceptors (Lipinski definition) is 5. The van der Waals surface area contributed by atoms with Gasteiger partial charge >= 0.3 is 5.63 Å². The van der Waals surface area contributed by atoms with Gasteiger partial charge < -0.3 is 13.9 Å². The first-order valence-corrected chi connectivity index (χ1v) is 8.84. The summed E-state index contributed by atoms with van der Waals surface area (Å²) in [6, 6.07) is 13.8. The first-order chi connectivity index (χ1) is 12.7. The summed E-state index contributed by atoms with van der Waals surface area (Å²) in [5.41, 5.74) is 2.64. The van der Waals surface area contributed by atoms with Gasteiger partial charge in [0.15, 0.2) is 0 Å². The Bertz CT molecular complexity index is 1030. The van der Waals surface area contributed by atoms with Gasteiger partial charge in [-0.2, -0.15) is 0 Å². The van der Waals surface area contributed by atoms with E-state index in [0.717, 1.165) is 34.6 Å². The minimum Gasteiger partial charge on any atom is -0.497 e. The number of nitrogens with zero attached hydrogens (tertiary/aromatic N) is 1. The highest BCUT2D eigenvalue weighted by atomic mass is 16.5. The molecule has 5 rings (SSSR count). The molecule has 1 fully saturated rings. The normalized spacial score (nSPS) is 17.0. The van der Waals surface area contributed by atoms with Crippen molar-refractivity contribution in [1.82, 2.24) is 4.90 Å². The third-order valence-corrected chi connectivity index (χ3v) is 5.17. The van der Waals surface area contributed by atoms with Crippen LogP contribution in [0.2, 0.25) is 0 Å². The maximum atomic E-state index is 12.6. The molecule has 0 unspecified atom stereocenters. The van der Waals surface area contributed by atoms with Crippen molar-refractivity contribution < 1.29 is 13.9 Å². The molecule has 0 amide bonds. The summed E-state index contributed by atoms with van der Waals surface area (Å²) in [5, 5.41) is 0.912. The van der Waals surface area contributed by atoms with Crippen LogP contribution in [-0.4, -0.2) is 24.8 Å². The van der Waals surface area contributed by atoms with Gasteiger partial charge in [0.25, 0.3) is 0 Å². The zero-order valence-electron chi connectivity index (χ0n) is 14.5. The molecule has 132 valence electrons. The molecule has 1 aliphatic carbocycles. The summed E-state index contributed by atoms with van der Waals surface area (Å²) in [7, 11) is 1.62. The molecule has 0 saturated heterocycles. The van der Waals surface area contributed by atoms with E-state index in [9.17, 15) is 4.79 Å². The van der Waals surface area contributed by atoms with Crippen LogP contribution in [0.5, 0.6) is 11.5 Å². The molecule has 1 saturated carbocycles. The molecule has 5 nitrogen and oxygen atoms in total. The lowest BCUT2D eigenvalue weighted by molar-refractivity contribution is 0.0885. The number of ether oxygens (including phenoxy) is 2. The van der Waals surface area contributed by atoms with Crippen LogP contribution in [0.15, 0.2) is 51.7 Å². The number of rotatable bonds is 3. The fraction of sp³-hybridized carbons (Fsp3) is 0.286. The average molecular weight is 349 g/mol. The third-order valence-electron chi connectivity index (χ3n) is 5.17. The summed E-state index contributed by atoms with van der Waals surface area (Å²) in [6.45, 7) is 1.37. The van der Waals surface area contributed by atoms with Crippen LogP contribution in [0.4, 0.5) is 0 Å². The largest absolute Gasteiger partial charge is 0.497 e. The number of methoxy groups -OCH3 is 1. The maximum Gasteiger partial charge on any atom is 0.344 e. The van der Waals surface area contributed by atoms with Crippen LogP contribution >= 0.6 is 0 Å². The molecular formula is C21H19NO4. The Morgan fingerprint density at radius 1 is 1.12 bits per heavy atom. The second kappa shape index (κ2) is 5.88. The van der Waals surface area contributed by atoms with E-state index in [4.69, 9.17) is 13.9 Å². The highest BCUT2D eigenvalue weighted by molar-refractivity contribution is 5.86. The minimum absolute atomic E-state index is 0.334. The third kappa shape index (κ3) is 2.56. The van der Waals surface area contributed by atoms with Crippen molar-refractivity contribution in [3.05, 3.63) is 58.4 Å². The van der Waals surface area contributed by atoms with E-state index in [1.165, 1.54) is 12.8 Å². The van der Waals surface area contributed by atoms with Gasteiger partial charge in [0.1, 0.15) is 23.8 Å². The molecule has 1 aliphatic heterocycles. The number of hydrogen-bond donors (Lipinski definition) is 0. The molecule has 2 heterocycles. The van der Waals surface area contributed by atoms with Crippen LogP contribution in [-0.2, 0) is 6.54 Å². The van der Waals surface area contributed by atoms with E-state index in [0.29, 0.717) is 23.9 Å². The first kappa shape index (κ1) is 15.5. The van der Waals surface area contributed by atoms with Crippen molar-refractivity contribution in [2.45, 2.75) is 25.4 Å². The summed E-state index contributed by atoms with van der Waals surface area (Å²) in [5.74, 6) is 1.57. The summed E-state index contributed by atoms with van der Waals surface area (Å²) in [4.78, 5) is 15.0. The molecule has 0 bridgehead atoms. The van der Waals surface area contributed by atoms with Crippen LogP contribution in [0, 0.1) is 0 Å². The fourth-order valence-corrected chi connectivity index (χ4v) is 3.56. The Morgan fingerprint density at radius 3 is 2.65 bits per heavy atom. The van der Waals surface area contributed by atoms with Gasteiger partial charge in [0.2, 0.25) is 0 Å². The zero-order valence-corrected chi connectivity index (χ0v) is 14.5. The minimum atomic E-state index is -0.334. The Labute approximate surface area is 150 Å². The Hall–Kier alpha value is -2.79. The standard InChI is InChI=1S/C21H19NO4/c1-24-16-7-2-13(3-8-16)17-10-14-4-9-19-18(20(14)26-21(17)23)11-22(12-25-19)15-5-6-15/h2-4,7-10,15H,5-6,11-12H2,1H3. The molecule has 0 atom stereocenters. The van der Waals surface area contributed by atoms with Crippen molar-refractivity contribution in [3.8, 4) is 22.6 Å². The van der Waals surface area contributed by atoms with E-state index >= 15 is 0 Å². The second-order valence-electron chi connectivity index (χ2n) is 6.89. The molecule has 26 heavy (non-hydrogen) atoms. The van der Waals surface area contributed by atoms with Gasteiger partial charge in [-0.25, -0.2) is 4.79 Å². The molecule has 3 aromatic rings. The Balaban J connectivity index is 1.60. The monoisotopic (exact) mass is 349 g/mol. The molecule has 5 heteroatoms. The molecule has 0 radical (unpaired) electrons. The van der Waals surface area contributed by atoms with Crippen molar-refractivity contribution in [2.24, 2.45) is 0 Å². The molecule has 2 aromatic carbocycles. The van der Waals surface area contributed by atoms with Crippen LogP contribution < -0.4 is 15.1 Å². The SMILES string of the molecule is COc1ccc(-c2cc3ccc4c(c3oc2=O)CN(C2CC2)CO4)cc1. The molecule has 0 spiro atoms. The number of benzene rings is 2. The summed E-state index contributed by atoms with van der Waals surface area (Å²) in [6.07, 6.45) is 2.43. The van der Waals surface area contributed by atoms with Crippen molar-refractivity contribution in [2.75, 3.05) is 13.8 Å². The van der Waals surface area contributed by atoms with E-state index in [2.05, 4.69) is 4.90 Å².